The average molecular weight is 359 g/mol. The van der Waals surface area contributed by atoms with E-state index < -0.39 is 0 Å². The van der Waals surface area contributed by atoms with Gasteiger partial charge < -0.3 is 10.6 Å². The van der Waals surface area contributed by atoms with Gasteiger partial charge in [0.15, 0.2) is 0 Å². The van der Waals surface area contributed by atoms with Crippen LogP contribution in [0.5, 0.6) is 0 Å². The van der Waals surface area contributed by atoms with E-state index in [1.165, 1.54) is 0 Å². The smallest absolute Gasteiger partial charge is 0.223 e. The van der Waals surface area contributed by atoms with Crippen molar-refractivity contribution in [1.82, 2.24) is 19.8 Å². The fourth-order valence-electron chi connectivity index (χ4n) is 4.63. The van der Waals surface area contributed by atoms with E-state index in [1.807, 2.05) is 11.1 Å². The zero-order chi connectivity index (χ0) is 18.8. The Morgan fingerprint density at radius 3 is 2.58 bits per heavy atom. The highest BCUT2D eigenvalue weighted by Crippen LogP contribution is 2.51. The number of hydrogen-bond donors (Lipinski definition) is 1. The molecule has 3 rings (SSSR count). The Hall–Kier alpha value is -2.02. The lowest BCUT2D eigenvalue weighted by Crippen LogP contribution is -2.48. The number of primary amides is 1. The van der Waals surface area contributed by atoms with Crippen LogP contribution in [-0.4, -0.2) is 58.8 Å². The molecular formula is C19H29N5O2. The van der Waals surface area contributed by atoms with E-state index in [4.69, 9.17) is 5.73 Å². The van der Waals surface area contributed by atoms with Crippen molar-refractivity contribution in [2.45, 2.75) is 50.5 Å². The van der Waals surface area contributed by atoms with Crippen molar-refractivity contribution in [1.29, 1.82) is 0 Å². The minimum atomic E-state index is -0.302. The maximum atomic E-state index is 12.5. The zero-order valence-corrected chi connectivity index (χ0v) is 15.8. The maximum Gasteiger partial charge on any atom is 0.223 e. The predicted octanol–water partition coefficient (Wildman–Crippen LogP) is 1.29. The van der Waals surface area contributed by atoms with Crippen LogP contribution in [0.15, 0.2) is 18.6 Å². The number of rotatable bonds is 6. The first kappa shape index (κ1) is 18.8. The first-order chi connectivity index (χ1) is 12.4. The van der Waals surface area contributed by atoms with Gasteiger partial charge in [0.2, 0.25) is 11.8 Å². The number of carbonyl (C=O) groups is 2. The van der Waals surface area contributed by atoms with Gasteiger partial charge in [0.1, 0.15) is 0 Å². The Balaban J connectivity index is 1.67. The summed E-state index contributed by atoms with van der Waals surface area (Å²) in [7, 11) is 4.20. The summed E-state index contributed by atoms with van der Waals surface area (Å²) in [5.41, 5.74) is 6.17. The summed E-state index contributed by atoms with van der Waals surface area (Å²) in [5.74, 6) is -0.0879. The summed E-state index contributed by atoms with van der Waals surface area (Å²) in [6, 6.07) is 0. The zero-order valence-electron chi connectivity index (χ0n) is 15.8. The van der Waals surface area contributed by atoms with Crippen LogP contribution in [0.1, 0.15) is 50.6 Å². The van der Waals surface area contributed by atoms with E-state index in [0.29, 0.717) is 25.8 Å². The highest BCUT2D eigenvalue weighted by atomic mass is 16.2. The lowest BCUT2D eigenvalue weighted by Gasteiger charge is -2.47. The third-order valence-electron chi connectivity index (χ3n) is 6.29. The molecule has 0 aromatic carbocycles. The highest BCUT2D eigenvalue weighted by molar-refractivity contribution is 5.79. The third-order valence-corrected chi connectivity index (χ3v) is 6.29. The molecule has 1 saturated heterocycles. The van der Waals surface area contributed by atoms with Crippen molar-refractivity contribution in [3.8, 4) is 0 Å². The summed E-state index contributed by atoms with van der Waals surface area (Å²) in [4.78, 5) is 36.4. The molecular weight excluding hydrogens is 330 g/mol. The Kier molecular flexibility index (Phi) is 5.27. The number of nitrogens with two attached hydrogens (primary N) is 1. The van der Waals surface area contributed by atoms with Gasteiger partial charge in [0, 0.05) is 38.3 Å². The van der Waals surface area contributed by atoms with E-state index in [2.05, 4.69) is 29.0 Å². The van der Waals surface area contributed by atoms with Gasteiger partial charge in [-0.2, -0.15) is 0 Å². The molecule has 1 aromatic heterocycles. The van der Waals surface area contributed by atoms with Crippen LogP contribution < -0.4 is 5.73 Å². The predicted molar refractivity (Wildman–Crippen MR) is 97.9 cm³/mol. The first-order valence-corrected chi connectivity index (χ1v) is 9.37. The summed E-state index contributed by atoms with van der Waals surface area (Å²) in [6.07, 6.45) is 10.9. The van der Waals surface area contributed by atoms with Gasteiger partial charge in [-0.1, -0.05) is 0 Å². The molecule has 2 amide bonds. The molecule has 0 bridgehead atoms. The lowest BCUT2D eigenvalue weighted by molar-refractivity contribution is -0.128. The van der Waals surface area contributed by atoms with E-state index in [9.17, 15) is 9.59 Å². The van der Waals surface area contributed by atoms with Gasteiger partial charge in [-0.3, -0.25) is 24.5 Å². The van der Waals surface area contributed by atoms with Crippen LogP contribution in [0.4, 0.5) is 0 Å². The van der Waals surface area contributed by atoms with Crippen molar-refractivity contribution in [2.24, 2.45) is 11.1 Å². The normalized spacial score (nSPS) is 28.9. The van der Waals surface area contributed by atoms with Crippen LogP contribution >= 0.6 is 0 Å². The van der Waals surface area contributed by atoms with E-state index >= 15 is 0 Å². The van der Waals surface area contributed by atoms with E-state index in [0.717, 1.165) is 37.9 Å². The second-order valence-electron chi connectivity index (χ2n) is 8.08. The fourth-order valence-corrected chi connectivity index (χ4v) is 4.63. The van der Waals surface area contributed by atoms with Gasteiger partial charge in [-0.15, -0.1) is 0 Å². The average Bonchev–Trinajstić information content (AvgIpc) is 2.91. The van der Waals surface area contributed by atoms with Crippen molar-refractivity contribution in [3.63, 3.8) is 0 Å². The number of carbonyl (C=O) groups excluding carboxylic acids is 2. The first-order valence-electron chi connectivity index (χ1n) is 9.37. The standard InChI is InChI=1S/C19H29N5O2/c1-23(2)19(15-13-21-9-10-22-15)7-5-18(6-8-19)12-17(26)24(14-18)11-3-4-16(20)25/h9-10,13H,3-8,11-12,14H2,1-2H3,(H2,20,25)/t18-,19-. The molecule has 142 valence electrons. The van der Waals surface area contributed by atoms with Crippen molar-refractivity contribution >= 4 is 11.8 Å². The van der Waals surface area contributed by atoms with Gasteiger partial charge >= 0.3 is 0 Å². The SMILES string of the molecule is CN(C)[C@]1(c2cnccn2)CC[C@@]2(CC1)CC(=O)N(CCCC(N)=O)C2. The van der Waals surface area contributed by atoms with Crippen molar-refractivity contribution < 1.29 is 9.59 Å². The molecule has 2 heterocycles. The van der Waals surface area contributed by atoms with Crippen LogP contribution in [0.3, 0.4) is 0 Å². The molecule has 0 unspecified atom stereocenters. The maximum absolute atomic E-state index is 12.5. The number of aromatic nitrogens is 2. The molecule has 1 spiro atoms. The number of hydrogen-bond acceptors (Lipinski definition) is 5. The van der Waals surface area contributed by atoms with Crippen molar-refractivity contribution in [2.75, 3.05) is 27.2 Å². The molecule has 26 heavy (non-hydrogen) atoms. The summed E-state index contributed by atoms with van der Waals surface area (Å²) in [6.45, 7) is 1.43. The molecule has 7 heteroatoms. The Labute approximate surface area is 155 Å². The summed E-state index contributed by atoms with van der Waals surface area (Å²) < 4.78 is 0. The van der Waals surface area contributed by atoms with Crippen LogP contribution in [0.2, 0.25) is 0 Å². The number of likely N-dealkylation sites (tertiary alicyclic amines) is 1. The van der Waals surface area contributed by atoms with Gasteiger partial charge in [0.05, 0.1) is 17.4 Å². The molecule has 1 aliphatic heterocycles. The summed E-state index contributed by atoms with van der Waals surface area (Å²) >= 11 is 0. The van der Waals surface area contributed by atoms with Gasteiger partial charge in [-0.05, 0) is 51.6 Å². The Morgan fingerprint density at radius 1 is 1.27 bits per heavy atom. The third kappa shape index (κ3) is 3.58. The monoisotopic (exact) mass is 359 g/mol. The van der Waals surface area contributed by atoms with Gasteiger partial charge in [-0.25, -0.2) is 0 Å². The molecule has 2 N–H and O–H groups in total. The Bertz CT molecular complexity index is 653. The Morgan fingerprint density at radius 2 is 2.00 bits per heavy atom. The van der Waals surface area contributed by atoms with Crippen LogP contribution in [0.25, 0.3) is 0 Å². The topological polar surface area (TPSA) is 92.4 Å². The molecule has 1 aromatic rings. The largest absolute Gasteiger partial charge is 0.370 e. The van der Waals surface area contributed by atoms with E-state index in [1.54, 1.807) is 12.4 Å². The molecule has 2 aliphatic rings. The van der Waals surface area contributed by atoms with Crippen LogP contribution in [0, 0.1) is 5.41 Å². The highest BCUT2D eigenvalue weighted by Gasteiger charge is 2.50. The fraction of sp³-hybridized carbons (Fsp3) is 0.684. The second kappa shape index (κ2) is 7.31. The molecule has 1 saturated carbocycles. The summed E-state index contributed by atoms with van der Waals surface area (Å²) in [5, 5.41) is 0. The van der Waals surface area contributed by atoms with Crippen molar-refractivity contribution in [3.05, 3.63) is 24.3 Å². The minimum absolute atomic E-state index is 0.0610. The second-order valence-corrected chi connectivity index (χ2v) is 8.08. The molecule has 1 aliphatic carbocycles. The lowest BCUT2D eigenvalue weighted by atomic mass is 9.65. The van der Waals surface area contributed by atoms with Crippen LogP contribution in [-0.2, 0) is 15.1 Å². The molecule has 2 fully saturated rings. The minimum Gasteiger partial charge on any atom is -0.370 e. The number of amides is 2. The number of nitrogens with zero attached hydrogens (tertiary/aromatic N) is 4. The van der Waals surface area contributed by atoms with E-state index in [-0.39, 0.29) is 22.8 Å². The molecule has 0 radical (unpaired) electrons. The van der Waals surface area contributed by atoms with Gasteiger partial charge in [0.25, 0.3) is 0 Å². The molecule has 7 nitrogen and oxygen atoms in total. The molecule has 0 atom stereocenters. The quantitative estimate of drug-likeness (QED) is 0.826.